The van der Waals surface area contributed by atoms with Crippen molar-refractivity contribution in [3.63, 3.8) is 0 Å². The van der Waals surface area contributed by atoms with E-state index >= 15 is 0 Å². The Morgan fingerprint density at radius 2 is 1.79 bits per heavy atom. The molecule has 4 rings (SSSR count). The molecule has 118 valence electrons. The average Bonchev–Trinajstić information content (AvgIpc) is 3.20. The lowest BCUT2D eigenvalue weighted by atomic mass is 10.1. The SMILES string of the molecule is O=C1C=C(Nc2cccc3ccccc23)C(=O)N1Cc1ccco1. The molecule has 0 spiro atoms. The lowest BCUT2D eigenvalue weighted by Gasteiger charge is -2.14. The van der Waals surface area contributed by atoms with Gasteiger partial charge in [0.05, 0.1) is 12.8 Å². The van der Waals surface area contributed by atoms with Gasteiger partial charge in [0.15, 0.2) is 0 Å². The molecular weight excluding hydrogens is 304 g/mol. The molecule has 0 saturated heterocycles. The van der Waals surface area contributed by atoms with Gasteiger partial charge in [-0.05, 0) is 23.6 Å². The van der Waals surface area contributed by atoms with Crippen LogP contribution in [0.5, 0.6) is 0 Å². The number of hydrogen-bond donors (Lipinski definition) is 1. The number of imide groups is 1. The van der Waals surface area contributed by atoms with Gasteiger partial charge in [-0.25, -0.2) is 0 Å². The van der Waals surface area contributed by atoms with E-state index in [1.54, 1.807) is 12.1 Å². The maximum atomic E-state index is 12.5. The first-order valence-electron chi connectivity index (χ1n) is 7.57. The smallest absolute Gasteiger partial charge is 0.277 e. The van der Waals surface area contributed by atoms with Crippen LogP contribution in [0.4, 0.5) is 5.69 Å². The molecule has 0 fully saturated rings. The van der Waals surface area contributed by atoms with Gasteiger partial charge in [-0.1, -0.05) is 36.4 Å². The molecule has 1 aromatic heterocycles. The molecule has 3 aromatic rings. The number of hydrogen-bond acceptors (Lipinski definition) is 4. The molecule has 2 heterocycles. The molecule has 0 saturated carbocycles. The summed E-state index contributed by atoms with van der Waals surface area (Å²) in [6.07, 6.45) is 2.84. The van der Waals surface area contributed by atoms with E-state index in [9.17, 15) is 9.59 Å². The minimum Gasteiger partial charge on any atom is -0.467 e. The quantitative estimate of drug-likeness (QED) is 0.750. The number of carbonyl (C=O) groups is 2. The van der Waals surface area contributed by atoms with E-state index in [1.165, 1.54) is 12.3 Å². The van der Waals surface area contributed by atoms with E-state index in [1.807, 2.05) is 42.5 Å². The van der Waals surface area contributed by atoms with Crippen molar-refractivity contribution in [3.05, 3.63) is 78.4 Å². The first kappa shape index (κ1) is 14.3. The molecule has 5 nitrogen and oxygen atoms in total. The second kappa shape index (κ2) is 5.70. The zero-order valence-electron chi connectivity index (χ0n) is 12.7. The average molecular weight is 318 g/mol. The molecule has 2 amide bonds. The molecule has 0 atom stereocenters. The number of rotatable bonds is 4. The van der Waals surface area contributed by atoms with Crippen molar-refractivity contribution in [2.75, 3.05) is 5.32 Å². The molecule has 24 heavy (non-hydrogen) atoms. The summed E-state index contributed by atoms with van der Waals surface area (Å²) in [5.74, 6) is -0.139. The summed E-state index contributed by atoms with van der Waals surface area (Å²) in [6, 6.07) is 17.1. The van der Waals surface area contributed by atoms with Gasteiger partial charge in [0, 0.05) is 17.1 Å². The Hall–Kier alpha value is -3.34. The molecule has 0 aliphatic carbocycles. The van der Waals surface area contributed by atoms with Crippen molar-refractivity contribution in [2.45, 2.75) is 6.54 Å². The topological polar surface area (TPSA) is 62.6 Å². The molecule has 5 heteroatoms. The van der Waals surface area contributed by atoms with Crippen LogP contribution in [-0.2, 0) is 16.1 Å². The van der Waals surface area contributed by atoms with E-state index < -0.39 is 0 Å². The highest BCUT2D eigenvalue weighted by molar-refractivity contribution is 6.18. The zero-order chi connectivity index (χ0) is 16.5. The zero-order valence-corrected chi connectivity index (χ0v) is 12.7. The highest BCUT2D eigenvalue weighted by Crippen LogP contribution is 2.26. The van der Waals surface area contributed by atoms with Crippen LogP contribution in [-0.4, -0.2) is 16.7 Å². The number of benzene rings is 2. The maximum Gasteiger partial charge on any atom is 0.277 e. The Morgan fingerprint density at radius 1 is 0.958 bits per heavy atom. The number of nitrogens with one attached hydrogen (secondary N) is 1. The minimum atomic E-state index is -0.357. The Balaban J connectivity index is 1.60. The Kier molecular flexibility index (Phi) is 3.39. The van der Waals surface area contributed by atoms with Gasteiger partial charge in [-0.2, -0.15) is 0 Å². The molecule has 1 aliphatic rings. The summed E-state index contributed by atoms with van der Waals surface area (Å²) in [5, 5.41) is 5.15. The van der Waals surface area contributed by atoms with Crippen molar-refractivity contribution in [1.82, 2.24) is 4.90 Å². The fourth-order valence-electron chi connectivity index (χ4n) is 2.79. The molecule has 1 aliphatic heterocycles. The molecule has 0 radical (unpaired) electrons. The monoisotopic (exact) mass is 318 g/mol. The van der Waals surface area contributed by atoms with E-state index in [2.05, 4.69) is 5.32 Å². The third kappa shape index (κ3) is 2.46. The summed E-state index contributed by atoms with van der Waals surface area (Å²) in [6.45, 7) is 0.127. The van der Waals surface area contributed by atoms with E-state index in [0.717, 1.165) is 21.4 Å². The number of fused-ring (bicyclic) bond motifs is 1. The second-order valence-electron chi connectivity index (χ2n) is 5.52. The van der Waals surface area contributed by atoms with E-state index in [-0.39, 0.29) is 24.1 Å². The standard InChI is InChI=1S/C19H14N2O3/c22-18-11-17(19(23)21(18)12-14-7-4-10-24-14)20-16-9-3-6-13-5-1-2-8-15(13)16/h1-11,20H,12H2. The van der Waals surface area contributed by atoms with Gasteiger partial charge in [0.1, 0.15) is 11.5 Å². The number of carbonyl (C=O) groups excluding carboxylic acids is 2. The summed E-state index contributed by atoms with van der Waals surface area (Å²) in [5.41, 5.74) is 1.06. The van der Waals surface area contributed by atoms with Crippen molar-refractivity contribution >= 4 is 28.3 Å². The summed E-state index contributed by atoms with van der Waals surface area (Å²) in [4.78, 5) is 25.8. The Morgan fingerprint density at radius 3 is 2.62 bits per heavy atom. The lowest BCUT2D eigenvalue weighted by molar-refractivity contribution is -0.138. The van der Waals surface area contributed by atoms with Crippen molar-refractivity contribution in [1.29, 1.82) is 0 Å². The fourth-order valence-corrected chi connectivity index (χ4v) is 2.79. The number of anilines is 1. The lowest BCUT2D eigenvalue weighted by Crippen LogP contribution is -2.31. The van der Waals surface area contributed by atoms with Gasteiger partial charge in [0.2, 0.25) is 0 Å². The van der Waals surface area contributed by atoms with Crippen molar-refractivity contribution in [3.8, 4) is 0 Å². The first-order chi connectivity index (χ1) is 11.7. The normalized spacial score (nSPS) is 14.3. The fraction of sp³-hybridized carbons (Fsp3) is 0.0526. The number of amides is 2. The Bertz CT molecular complexity index is 952. The van der Waals surface area contributed by atoms with Gasteiger partial charge in [0.25, 0.3) is 11.8 Å². The molecule has 1 N–H and O–H groups in total. The molecular formula is C19H14N2O3. The van der Waals surface area contributed by atoms with Crippen LogP contribution < -0.4 is 5.32 Å². The highest BCUT2D eigenvalue weighted by atomic mass is 16.3. The van der Waals surface area contributed by atoms with Crippen molar-refractivity contribution < 1.29 is 14.0 Å². The van der Waals surface area contributed by atoms with Crippen LogP contribution in [0.1, 0.15) is 5.76 Å². The second-order valence-corrected chi connectivity index (χ2v) is 5.52. The largest absolute Gasteiger partial charge is 0.467 e. The van der Waals surface area contributed by atoms with Gasteiger partial charge >= 0.3 is 0 Å². The summed E-state index contributed by atoms with van der Waals surface area (Å²) < 4.78 is 5.21. The molecule has 2 aromatic carbocycles. The first-order valence-corrected chi connectivity index (χ1v) is 7.57. The van der Waals surface area contributed by atoms with Crippen molar-refractivity contribution in [2.24, 2.45) is 0 Å². The van der Waals surface area contributed by atoms with E-state index in [4.69, 9.17) is 4.42 Å². The Labute approximate surface area is 138 Å². The van der Waals surface area contributed by atoms with Crippen LogP contribution in [0.2, 0.25) is 0 Å². The number of furan rings is 1. The summed E-state index contributed by atoms with van der Waals surface area (Å²) >= 11 is 0. The van der Waals surface area contributed by atoms with E-state index in [0.29, 0.717) is 5.76 Å². The van der Waals surface area contributed by atoms with Crippen LogP contribution in [0, 0.1) is 0 Å². The predicted molar refractivity (Wildman–Crippen MR) is 89.9 cm³/mol. The van der Waals surface area contributed by atoms with Crippen LogP contribution in [0.15, 0.2) is 77.1 Å². The third-order valence-electron chi connectivity index (χ3n) is 3.96. The van der Waals surface area contributed by atoms with Crippen LogP contribution in [0.3, 0.4) is 0 Å². The summed E-state index contributed by atoms with van der Waals surface area (Å²) in [7, 11) is 0. The predicted octanol–water partition coefficient (Wildman–Crippen LogP) is 3.30. The third-order valence-corrected chi connectivity index (χ3v) is 3.96. The van der Waals surface area contributed by atoms with Gasteiger partial charge in [-0.3, -0.25) is 14.5 Å². The van der Waals surface area contributed by atoms with Gasteiger partial charge < -0.3 is 9.73 Å². The minimum absolute atomic E-state index is 0.127. The van der Waals surface area contributed by atoms with Crippen LogP contribution >= 0.6 is 0 Å². The molecule has 0 unspecified atom stereocenters. The number of nitrogens with zero attached hydrogens (tertiary/aromatic N) is 1. The maximum absolute atomic E-state index is 12.5. The van der Waals surface area contributed by atoms with Crippen LogP contribution in [0.25, 0.3) is 10.8 Å². The van der Waals surface area contributed by atoms with Gasteiger partial charge in [-0.15, -0.1) is 0 Å². The molecule has 0 bridgehead atoms. The highest BCUT2D eigenvalue weighted by Gasteiger charge is 2.31.